The van der Waals surface area contributed by atoms with E-state index >= 15 is 0 Å². The Hall–Kier alpha value is -0.410. The maximum Gasteiger partial charge on any atom is 0.113 e. The number of nitrogens with zero attached hydrogens (tertiary/aromatic N) is 1. The maximum atomic E-state index is 4.75. The lowest BCUT2D eigenvalue weighted by atomic mass is 9.84. The zero-order valence-corrected chi connectivity index (χ0v) is 12.2. The second-order valence-electron chi connectivity index (χ2n) is 4.67. The number of aromatic nitrogens is 1. The van der Waals surface area contributed by atoms with Crippen LogP contribution in [-0.2, 0) is 5.54 Å². The molecular formula is C13H24N2S. The summed E-state index contributed by atoms with van der Waals surface area (Å²) < 4.78 is 0. The van der Waals surface area contributed by atoms with Crippen molar-refractivity contribution in [1.29, 1.82) is 0 Å². The molecule has 1 aromatic rings. The molecule has 0 radical (unpaired) electrons. The molecule has 0 aliphatic rings. The first kappa shape index (κ1) is 13.7. The van der Waals surface area contributed by atoms with Crippen LogP contribution in [0.2, 0.25) is 0 Å². The van der Waals surface area contributed by atoms with Crippen LogP contribution < -0.4 is 5.32 Å². The Balaban J connectivity index is 3.18. The predicted molar refractivity (Wildman–Crippen MR) is 72.1 cm³/mol. The first-order chi connectivity index (χ1) is 7.47. The SMILES string of the molecule is CCNC(CC)(c1nc(C)c(C)s1)C(C)C. The van der Waals surface area contributed by atoms with Crippen molar-refractivity contribution in [1.82, 2.24) is 10.3 Å². The standard InChI is InChI=1S/C13H24N2S/c1-7-13(9(3)4,14-8-2)12-15-10(5)11(6)16-12/h9,14H,7-8H2,1-6H3. The Morgan fingerprint density at radius 1 is 1.31 bits per heavy atom. The lowest BCUT2D eigenvalue weighted by Gasteiger charge is -2.35. The molecule has 16 heavy (non-hydrogen) atoms. The van der Waals surface area contributed by atoms with E-state index in [1.54, 1.807) is 0 Å². The molecule has 2 nitrogen and oxygen atoms in total. The summed E-state index contributed by atoms with van der Waals surface area (Å²) in [7, 11) is 0. The molecule has 0 aliphatic carbocycles. The van der Waals surface area contributed by atoms with Crippen molar-refractivity contribution < 1.29 is 0 Å². The van der Waals surface area contributed by atoms with Gasteiger partial charge in [-0.2, -0.15) is 0 Å². The van der Waals surface area contributed by atoms with Crippen LogP contribution in [0.1, 0.15) is 49.7 Å². The summed E-state index contributed by atoms with van der Waals surface area (Å²) in [4.78, 5) is 6.09. The van der Waals surface area contributed by atoms with Crippen LogP contribution in [0, 0.1) is 19.8 Å². The van der Waals surface area contributed by atoms with Crippen LogP contribution >= 0.6 is 11.3 Å². The van der Waals surface area contributed by atoms with E-state index in [1.807, 2.05) is 11.3 Å². The van der Waals surface area contributed by atoms with E-state index < -0.39 is 0 Å². The van der Waals surface area contributed by atoms with E-state index in [-0.39, 0.29) is 5.54 Å². The van der Waals surface area contributed by atoms with Crippen LogP contribution in [0.5, 0.6) is 0 Å². The molecule has 0 aromatic carbocycles. The van der Waals surface area contributed by atoms with E-state index in [1.165, 1.54) is 15.6 Å². The van der Waals surface area contributed by atoms with Gasteiger partial charge in [0.2, 0.25) is 0 Å². The predicted octanol–water partition coefficient (Wildman–Crippen LogP) is 3.63. The third-order valence-electron chi connectivity index (χ3n) is 3.45. The second kappa shape index (κ2) is 5.28. The average molecular weight is 240 g/mol. The summed E-state index contributed by atoms with van der Waals surface area (Å²) >= 11 is 1.84. The van der Waals surface area contributed by atoms with Gasteiger partial charge >= 0.3 is 0 Å². The number of aryl methyl sites for hydroxylation is 2. The molecule has 0 fully saturated rings. The second-order valence-corrected chi connectivity index (χ2v) is 5.87. The van der Waals surface area contributed by atoms with Crippen molar-refractivity contribution in [2.24, 2.45) is 5.92 Å². The number of nitrogens with one attached hydrogen (secondary N) is 1. The van der Waals surface area contributed by atoms with E-state index in [0.717, 1.165) is 13.0 Å². The molecule has 1 unspecified atom stereocenters. The molecule has 1 rings (SSSR count). The Morgan fingerprint density at radius 3 is 2.25 bits per heavy atom. The molecule has 0 saturated carbocycles. The fraction of sp³-hybridized carbons (Fsp3) is 0.769. The minimum absolute atomic E-state index is 0.0540. The fourth-order valence-corrected chi connectivity index (χ4v) is 3.49. The van der Waals surface area contributed by atoms with Gasteiger partial charge < -0.3 is 5.32 Å². The summed E-state index contributed by atoms with van der Waals surface area (Å²) in [5.74, 6) is 0.558. The molecule has 0 bridgehead atoms. The molecule has 1 heterocycles. The van der Waals surface area contributed by atoms with Crippen molar-refractivity contribution in [2.45, 2.75) is 53.5 Å². The summed E-state index contributed by atoms with van der Waals surface area (Å²) in [5, 5.41) is 4.90. The van der Waals surface area contributed by atoms with Crippen LogP contribution in [-0.4, -0.2) is 11.5 Å². The van der Waals surface area contributed by atoms with Gasteiger partial charge in [-0.1, -0.05) is 27.7 Å². The molecule has 1 aromatic heterocycles. The molecule has 3 heteroatoms. The highest BCUT2D eigenvalue weighted by Crippen LogP contribution is 2.36. The van der Waals surface area contributed by atoms with Crippen molar-refractivity contribution in [2.75, 3.05) is 6.54 Å². The van der Waals surface area contributed by atoms with Crippen LogP contribution in [0.4, 0.5) is 0 Å². The third-order valence-corrected chi connectivity index (χ3v) is 4.70. The molecule has 0 aliphatic heterocycles. The quantitative estimate of drug-likeness (QED) is 0.850. The largest absolute Gasteiger partial charge is 0.305 e. The highest BCUT2D eigenvalue weighted by atomic mass is 32.1. The van der Waals surface area contributed by atoms with Gasteiger partial charge in [0, 0.05) is 4.88 Å². The minimum atomic E-state index is 0.0540. The molecular weight excluding hydrogens is 216 g/mol. The van der Waals surface area contributed by atoms with Gasteiger partial charge in [-0.05, 0) is 32.7 Å². The van der Waals surface area contributed by atoms with Gasteiger partial charge in [0.1, 0.15) is 5.01 Å². The van der Waals surface area contributed by atoms with Gasteiger partial charge in [0.25, 0.3) is 0 Å². The van der Waals surface area contributed by atoms with E-state index in [9.17, 15) is 0 Å². The van der Waals surface area contributed by atoms with Crippen molar-refractivity contribution in [3.8, 4) is 0 Å². The van der Waals surface area contributed by atoms with Gasteiger partial charge in [-0.25, -0.2) is 4.98 Å². The van der Waals surface area contributed by atoms with Gasteiger partial charge in [-0.3, -0.25) is 0 Å². The van der Waals surface area contributed by atoms with Gasteiger partial charge in [0.15, 0.2) is 0 Å². The summed E-state index contributed by atoms with van der Waals surface area (Å²) in [6, 6.07) is 0. The molecule has 1 atom stereocenters. The van der Waals surface area contributed by atoms with Crippen LogP contribution in [0.25, 0.3) is 0 Å². The first-order valence-corrected chi connectivity index (χ1v) is 6.99. The molecule has 1 N–H and O–H groups in total. The summed E-state index contributed by atoms with van der Waals surface area (Å²) in [6.45, 7) is 14.2. The molecule has 0 amide bonds. The van der Waals surface area contributed by atoms with Crippen molar-refractivity contribution in [3.63, 3.8) is 0 Å². The van der Waals surface area contributed by atoms with E-state index in [2.05, 4.69) is 46.9 Å². The summed E-state index contributed by atoms with van der Waals surface area (Å²) in [6.07, 6.45) is 1.09. The highest BCUT2D eigenvalue weighted by Gasteiger charge is 2.36. The van der Waals surface area contributed by atoms with Gasteiger partial charge in [-0.15, -0.1) is 11.3 Å². The normalized spacial score (nSPS) is 15.4. The van der Waals surface area contributed by atoms with E-state index in [4.69, 9.17) is 4.98 Å². The molecule has 92 valence electrons. The number of thiazole rings is 1. The van der Waals surface area contributed by atoms with Crippen LogP contribution in [0.3, 0.4) is 0 Å². The lowest BCUT2D eigenvalue weighted by molar-refractivity contribution is 0.232. The fourth-order valence-electron chi connectivity index (χ4n) is 2.19. The van der Waals surface area contributed by atoms with Crippen LogP contribution in [0.15, 0.2) is 0 Å². The molecule has 0 saturated heterocycles. The minimum Gasteiger partial charge on any atom is -0.305 e. The molecule has 0 spiro atoms. The van der Waals surface area contributed by atoms with E-state index in [0.29, 0.717) is 5.92 Å². The Bertz CT molecular complexity index is 324. The number of rotatable bonds is 5. The summed E-state index contributed by atoms with van der Waals surface area (Å²) in [5.41, 5.74) is 1.23. The first-order valence-electron chi connectivity index (χ1n) is 6.17. The zero-order valence-electron chi connectivity index (χ0n) is 11.3. The monoisotopic (exact) mass is 240 g/mol. The number of hydrogen-bond donors (Lipinski definition) is 1. The Morgan fingerprint density at radius 2 is 1.94 bits per heavy atom. The third kappa shape index (κ3) is 2.30. The number of hydrogen-bond acceptors (Lipinski definition) is 3. The smallest absolute Gasteiger partial charge is 0.113 e. The lowest BCUT2D eigenvalue weighted by Crippen LogP contribution is -2.46. The topological polar surface area (TPSA) is 24.9 Å². The Labute approximate surface area is 103 Å². The Kier molecular flexibility index (Phi) is 4.51. The van der Waals surface area contributed by atoms with Crippen molar-refractivity contribution in [3.05, 3.63) is 15.6 Å². The zero-order chi connectivity index (χ0) is 12.3. The van der Waals surface area contributed by atoms with Gasteiger partial charge in [0.05, 0.1) is 11.2 Å². The maximum absolute atomic E-state index is 4.75. The highest BCUT2D eigenvalue weighted by molar-refractivity contribution is 7.11. The average Bonchev–Trinajstić information content (AvgIpc) is 2.55. The van der Waals surface area contributed by atoms with Crippen molar-refractivity contribution >= 4 is 11.3 Å².